The van der Waals surface area contributed by atoms with Crippen LogP contribution in [-0.4, -0.2) is 0 Å². The third-order valence-electron chi connectivity index (χ3n) is 1.93. The highest BCUT2D eigenvalue weighted by Crippen LogP contribution is 2.27. The average molecular weight is 232 g/mol. The third kappa shape index (κ3) is 2.68. The molecule has 0 atom stereocenters. The van der Waals surface area contributed by atoms with Gasteiger partial charge in [0, 0.05) is 9.79 Å². The van der Waals surface area contributed by atoms with E-state index >= 15 is 0 Å². The third-order valence-corrected chi connectivity index (χ3v) is 3.76. The highest BCUT2D eigenvalue weighted by Gasteiger charge is 2.02. The summed E-state index contributed by atoms with van der Waals surface area (Å²) in [5.41, 5.74) is 0. The molecule has 0 spiro atoms. The summed E-state index contributed by atoms with van der Waals surface area (Å²) in [6.45, 7) is 0. The van der Waals surface area contributed by atoms with Crippen molar-refractivity contribution in [3.63, 3.8) is 0 Å². The molecule has 2 aromatic rings. The lowest BCUT2D eigenvalue weighted by atomic mass is 10.4. The van der Waals surface area contributed by atoms with E-state index < -0.39 is 0 Å². The fraction of sp³-hybridized carbons (Fsp3) is 0. The second kappa shape index (κ2) is 5.11. The van der Waals surface area contributed by atoms with Gasteiger partial charge in [-0.15, -0.1) is 0 Å². The lowest BCUT2D eigenvalue weighted by Gasteiger charge is -2.02. The van der Waals surface area contributed by atoms with Crippen LogP contribution in [0.1, 0.15) is 0 Å². The first kappa shape index (κ1) is 10.4. The zero-order valence-corrected chi connectivity index (χ0v) is 9.67. The molecule has 15 heavy (non-hydrogen) atoms. The highest BCUT2D eigenvalue weighted by atomic mass is 32.2. The van der Waals surface area contributed by atoms with Crippen LogP contribution in [0.5, 0.6) is 0 Å². The largest absolute Gasteiger partial charge is 0.269 e. The van der Waals surface area contributed by atoms with Crippen LogP contribution < -0.4 is 5.30 Å². The van der Waals surface area contributed by atoms with Crippen molar-refractivity contribution in [3.8, 4) is 0 Å². The Bertz CT molecular complexity index is 456. The first-order chi connectivity index (χ1) is 7.40. The minimum absolute atomic E-state index is 0.0768. The van der Waals surface area contributed by atoms with Crippen LogP contribution in [0.4, 0.5) is 0 Å². The van der Waals surface area contributed by atoms with E-state index in [2.05, 4.69) is 0 Å². The minimum atomic E-state index is 0.0768. The van der Waals surface area contributed by atoms with Crippen LogP contribution in [0.2, 0.25) is 0 Å². The second-order valence-electron chi connectivity index (χ2n) is 2.97. The summed E-state index contributed by atoms with van der Waals surface area (Å²) >= 11 is 1.63. The van der Waals surface area contributed by atoms with Gasteiger partial charge in [0.1, 0.15) is 0 Å². The monoisotopic (exact) mass is 232 g/mol. The number of benzene rings is 2. The Morgan fingerprint density at radius 3 is 2.27 bits per heavy atom. The molecule has 0 unspecified atom stereocenters. The van der Waals surface area contributed by atoms with Crippen molar-refractivity contribution in [2.75, 3.05) is 0 Å². The molecule has 1 nitrogen and oxygen atoms in total. The predicted octanol–water partition coefficient (Wildman–Crippen LogP) is 3.75. The molecule has 0 aliphatic carbocycles. The summed E-state index contributed by atoms with van der Waals surface area (Å²) in [7, 11) is 0.0768. The van der Waals surface area contributed by atoms with E-state index in [-0.39, 0.29) is 8.46 Å². The van der Waals surface area contributed by atoms with Crippen LogP contribution in [0, 0.1) is 0 Å². The van der Waals surface area contributed by atoms with Gasteiger partial charge in [0.2, 0.25) is 0 Å². The van der Waals surface area contributed by atoms with Gasteiger partial charge < -0.3 is 0 Å². The van der Waals surface area contributed by atoms with Gasteiger partial charge in [-0.25, -0.2) is 0 Å². The zero-order chi connectivity index (χ0) is 10.5. The molecule has 0 bridgehead atoms. The molecular weight excluding hydrogens is 223 g/mol. The normalized spacial score (nSPS) is 10.4. The molecular formula is C12H9OPS. The van der Waals surface area contributed by atoms with Gasteiger partial charge in [-0.1, -0.05) is 42.1 Å². The van der Waals surface area contributed by atoms with Crippen molar-refractivity contribution >= 4 is 25.5 Å². The van der Waals surface area contributed by atoms with Gasteiger partial charge in [-0.2, -0.15) is 0 Å². The van der Waals surface area contributed by atoms with Crippen molar-refractivity contribution in [2.24, 2.45) is 0 Å². The van der Waals surface area contributed by atoms with E-state index in [1.165, 1.54) is 0 Å². The first-order valence-electron chi connectivity index (χ1n) is 4.55. The van der Waals surface area contributed by atoms with Crippen molar-refractivity contribution in [1.29, 1.82) is 0 Å². The second-order valence-corrected chi connectivity index (χ2v) is 4.75. The Balaban J connectivity index is 2.28. The number of hydrogen-bond acceptors (Lipinski definition) is 2. The van der Waals surface area contributed by atoms with Gasteiger partial charge in [0.25, 0.3) is 0 Å². The maximum atomic E-state index is 10.9. The smallest absolute Gasteiger partial charge is 0.193 e. The van der Waals surface area contributed by atoms with E-state index in [1.807, 2.05) is 54.6 Å². The van der Waals surface area contributed by atoms with E-state index in [0.29, 0.717) is 0 Å². The van der Waals surface area contributed by atoms with Crippen LogP contribution >= 0.6 is 20.2 Å². The van der Waals surface area contributed by atoms with Crippen molar-refractivity contribution in [2.45, 2.75) is 9.79 Å². The first-order valence-corrected chi connectivity index (χ1v) is 6.18. The van der Waals surface area contributed by atoms with Crippen LogP contribution in [0.15, 0.2) is 64.4 Å². The quantitative estimate of drug-likeness (QED) is 0.749. The topological polar surface area (TPSA) is 17.1 Å². The van der Waals surface area contributed by atoms with Gasteiger partial charge in [-0.05, 0) is 24.3 Å². The fourth-order valence-corrected chi connectivity index (χ4v) is 2.66. The molecule has 0 fully saturated rings. The van der Waals surface area contributed by atoms with E-state index in [0.717, 1.165) is 15.1 Å². The molecule has 0 radical (unpaired) electrons. The van der Waals surface area contributed by atoms with Crippen molar-refractivity contribution < 1.29 is 4.57 Å². The Morgan fingerprint density at radius 1 is 0.867 bits per heavy atom. The Morgan fingerprint density at radius 2 is 1.53 bits per heavy atom. The van der Waals surface area contributed by atoms with Gasteiger partial charge in [0.15, 0.2) is 8.46 Å². The van der Waals surface area contributed by atoms with Gasteiger partial charge in [0.05, 0.1) is 5.30 Å². The molecule has 74 valence electrons. The molecule has 3 heteroatoms. The summed E-state index contributed by atoms with van der Waals surface area (Å²) in [6.07, 6.45) is 0. The minimum Gasteiger partial charge on any atom is -0.269 e. The summed E-state index contributed by atoms with van der Waals surface area (Å²) < 4.78 is 10.9. The van der Waals surface area contributed by atoms with Crippen molar-refractivity contribution in [1.82, 2.24) is 0 Å². The number of hydrogen-bond donors (Lipinski definition) is 0. The molecule has 0 saturated carbocycles. The van der Waals surface area contributed by atoms with E-state index in [9.17, 15) is 4.57 Å². The molecule has 0 aliphatic heterocycles. The van der Waals surface area contributed by atoms with Gasteiger partial charge in [-0.3, -0.25) is 4.57 Å². The molecule has 0 amide bonds. The van der Waals surface area contributed by atoms with Crippen LogP contribution in [0.25, 0.3) is 0 Å². The molecule has 0 saturated heterocycles. The summed E-state index contributed by atoms with van der Waals surface area (Å²) in [4.78, 5) is 2.20. The van der Waals surface area contributed by atoms with E-state index in [4.69, 9.17) is 0 Å². The summed E-state index contributed by atoms with van der Waals surface area (Å²) in [5.74, 6) is 0. The Labute approximate surface area is 94.7 Å². The Kier molecular flexibility index (Phi) is 3.54. The molecule has 2 rings (SSSR count). The van der Waals surface area contributed by atoms with Crippen LogP contribution in [-0.2, 0) is 4.57 Å². The molecule has 0 aliphatic rings. The molecule has 0 aromatic heterocycles. The molecule has 2 aromatic carbocycles. The summed E-state index contributed by atoms with van der Waals surface area (Å²) in [5, 5.41) is 0.839. The number of rotatable bonds is 3. The van der Waals surface area contributed by atoms with Crippen LogP contribution in [0.3, 0.4) is 0 Å². The fourth-order valence-electron chi connectivity index (χ4n) is 1.23. The van der Waals surface area contributed by atoms with Gasteiger partial charge >= 0.3 is 0 Å². The average Bonchev–Trinajstić information content (AvgIpc) is 2.31. The lowest BCUT2D eigenvalue weighted by Crippen LogP contribution is -1.94. The maximum Gasteiger partial charge on any atom is 0.193 e. The lowest BCUT2D eigenvalue weighted by molar-refractivity contribution is 0.603. The van der Waals surface area contributed by atoms with E-state index in [1.54, 1.807) is 11.8 Å². The Hall–Kier alpha value is -1.11. The molecule has 0 N–H and O–H groups in total. The highest BCUT2D eigenvalue weighted by molar-refractivity contribution is 7.99. The zero-order valence-electron chi connectivity index (χ0n) is 7.96. The SMILES string of the molecule is O=Pc1ccccc1Sc1ccccc1. The summed E-state index contributed by atoms with van der Waals surface area (Å²) in [6, 6.07) is 17.8. The van der Waals surface area contributed by atoms with Crippen molar-refractivity contribution in [3.05, 3.63) is 54.6 Å². The predicted molar refractivity (Wildman–Crippen MR) is 64.2 cm³/mol. The molecule has 0 heterocycles. The standard InChI is InChI=1S/C12H9OPS/c13-14-11-8-4-5-9-12(11)15-10-6-2-1-3-7-10/h1-9H. The maximum absolute atomic E-state index is 10.9.